The Morgan fingerprint density at radius 2 is 1.15 bits per heavy atom. The molecule has 1 saturated heterocycles. The lowest BCUT2D eigenvalue weighted by Crippen LogP contribution is -2.41. The van der Waals surface area contributed by atoms with Gasteiger partial charge in [-0.05, 0) is 74.0 Å². The number of nitrogens with zero attached hydrogens (tertiary/aromatic N) is 2. The Kier molecular flexibility index (Phi) is 10.4. The van der Waals surface area contributed by atoms with Crippen molar-refractivity contribution in [3.63, 3.8) is 0 Å². The number of nitrogen functional groups attached to an aromatic ring is 2. The van der Waals surface area contributed by atoms with E-state index in [1.54, 1.807) is 36.7 Å². The molecule has 0 atom stereocenters. The van der Waals surface area contributed by atoms with Crippen LogP contribution in [-0.4, -0.2) is 54.7 Å². The SMILES string of the molecule is CC1(C)OB(c2ccc(N)nc2)OC1(C)C.Clc1cc2c(cc1Br)OCCO2.Nc1ccc(-c2cc3c(cc2Cl)OCCO3)cn1. The fraction of sp³-hybridized carbons (Fsp3) is 0.312. The third-order valence-electron chi connectivity index (χ3n) is 7.65. The van der Waals surface area contributed by atoms with Crippen molar-refractivity contribution in [3.05, 3.63) is 75.4 Å². The number of ether oxygens (including phenoxy) is 4. The Labute approximate surface area is 286 Å². The maximum atomic E-state index is 6.24. The van der Waals surface area contributed by atoms with Crippen LogP contribution in [0.15, 0.2) is 65.4 Å². The molecule has 0 radical (unpaired) electrons. The monoisotopic (exact) mass is 730 g/mol. The number of aromatic nitrogens is 2. The van der Waals surface area contributed by atoms with Crippen LogP contribution in [0.3, 0.4) is 0 Å². The van der Waals surface area contributed by atoms with Crippen molar-refractivity contribution in [2.24, 2.45) is 0 Å². The Balaban J connectivity index is 0.000000139. The molecular weight excluding hydrogens is 698 g/mol. The summed E-state index contributed by atoms with van der Waals surface area (Å²) < 4.78 is 34.3. The number of anilines is 2. The third-order valence-corrected chi connectivity index (χ3v) is 9.16. The molecule has 2 aromatic heterocycles. The molecule has 1 fully saturated rings. The topological polar surface area (TPSA) is 133 Å². The van der Waals surface area contributed by atoms with Gasteiger partial charge in [0.25, 0.3) is 0 Å². The molecule has 3 aliphatic heterocycles. The second-order valence-corrected chi connectivity index (χ2v) is 13.1. The molecule has 0 amide bonds. The highest BCUT2D eigenvalue weighted by molar-refractivity contribution is 9.10. The first-order valence-electron chi connectivity index (χ1n) is 14.5. The van der Waals surface area contributed by atoms with Crippen LogP contribution in [0.1, 0.15) is 27.7 Å². The molecule has 0 unspecified atom stereocenters. The number of benzene rings is 2. The van der Waals surface area contributed by atoms with Crippen molar-refractivity contribution in [2.75, 3.05) is 37.9 Å². The van der Waals surface area contributed by atoms with Gasteiger partial charge < -0.3 is 39.7 Å². The molecule has 0 bridgehead atoms. The minimum Gasteiger partial charge on any atom is -0.486 e. The average Bonchev–Trinajstić information content (AvgIpc) is 3.25. The summed E-state index contributed by atoms with van der Waals surface area (Å²) in [5.41, 5.74) is 13.1. The van der Waals surface area contributed by atoms with Crippen molar-refractivity contribution < 1.29 is 28.3 Å². The number of pyridine rings is 2. The van der Waals surface area contributed by atoms with Crippen molar-refractivity contribution in [2.45, 2.75) is 38.9 Å². The lowest BCUT2D eigenvalue weighted by molar-refractivity contribution is 0.00578. The molecule has 10 nitrogen and oxygen atoms in total. The van der Waals surface area contributed by atoms with E-state index in [1.165, 1.54) is 0 Å². The molecule has 242 valence electrons. The molecule has 14 heteroatoms. The number of fused-ring (bicyclic) bond motifs is 2. The molecule has 46 heavy (non-hydrogen) atoms. The summed E-state index contributed by atoms with van der Waals surface area (Å²) in [6.45, 7) is 10.4. The maximum Gasteiger partial charge on any atom is 0.496 e. The van der Waals surface area contributed by atoms with E-state index < -0.39 is 0 Å². The molecule has 4 N–H and O–H groups in total. The molecule has 2 aromatic carbocycles. The molecule has 3 aliphatic rings. The van der Waals surface area contributed by atoms with E-state index >= 15 is 0 Å². The Morgan fingerprint density at radius 1 is 0.674 bits per heavy atom. The molecule has 5 heterocycles. The Bertz CT molecular complexity index is 1630. The van der Waals surface area contributed by atoms with Gasteiger partial charge in [-0.1, -0.05) is 29.3 Å². The standard InChI is InChI=1S/C13H11ClN2O2.C11H17BN2O2.C8H6BrClO2/c14-10-6-12-11(17-3-4-18-12)5-9(10)8-1-2-13(15)16-7-8;1-10(2)11(3,4)16-12(15-10)8-5-6-9(13)14-7-8;9-5-3-7-8(4-6(5)10)12-2-1-11-7/h1-2,5-7H,3-4H2,(H2,15,16);5-7H,1-4H3,(H2,13,14);3-4H,1-2H2. The van der Waals surface area contributed by atoms with Gasteiger partial charge in [-0.25, -0.2) is 9.97 Å². The smallest absolute Gasteiger partial charge is 0.486 e. The van der Waals surface area contributed by atoms with E-state index in [0.29, 0.717) is 59.6 Å². The van der Waals surface area contributed by atoms with Crippen LogP contribution in [-0.2, 0) is 9.31 Å². The first kappa shape index (κ1) is 33.9. The highest BCUT2D eigenvalue weighted by Crippen LogP contribution is 2.40. The average molecular weight is 732 g/mol. The van der Waals surface area contributed by atoms with Crippen LogP contribution in [0.5, 0.6) is 23.0 Å². The summed E-state index contributed by atoms with van der Waals surface area (Å²) in [6, 6.07) is 14.4. The predicted octanol–water partition coefficient (Wildman–Crippen LogP) is 6.59. The van der Waals surface area contributed by atoms with Gasteiger partial charge in [0.05, 0.1) is 21.2 Å². The predicted molar refractivity (Wildman–Crippen MR) is 185 cm³/mol. The Morgan fingerprint density at radius 3 is 1.65 bits per heavy atom. The van der Waals surface area contributed by atoms with Crippen molar-refractivity contribution in [1.82, 2.24) is 9.97 Å². The summed E-state index contributed by atoms with van der Waals surface area (Å²) >= 11 is 15.4. The molecule has 4 aromatic rings. The first-order valence-corrected chi connectivity index (χ1v) is 16.0. The lowest BCUT2D eigenvalue weighted by Gasteiger charge is -2.32. The zero-order valence-electron chi connectivity index (χ0n) is 25.8. The second-order valence-electron chi connectivity index (χ2n) is 11.5. The van der Waals surface area contributed by atoms with Gasteiger partial charge in [0.2, 0.25) is 0 Å². The van der Waals surface area contributed by atoms with Crippen LogP contribution in [0.25, 0.3) is 11.1 Å². The van der Waals surface area contributed by atoms with Crippen LogP contribution >= 0.6 is 39.1 Å². The Hall–Kier alpha value is -3.42. The maximum absolute atomic E-state index is 6.24. The van der Waals surface area contributed by atoms with Crippen molar-refractivity contribution in [1.29, 1.82) is 0 Å². The van der Waals surface area contributed by atoms with Gasteiger partial charge in [-0.15, -0.1) is 0 Å². The second kappa shape index (κ2) is 14.1. The van der Waals surface area contributed by atoms with Crippen LogP contribution in [0.4, 0.5) is 11.6 Å². The number of rotatable bonds is 2. The van der Waals surface area contributed by atoms with Gasteiger partial charge >= 0.3 is 7.12 Å². The van der Waals surface area contributed by atoms with Crippen LogP contribution in [0.2, 0.25) is 10.0 Å². The van der Waals surface area contributed by atoms with E-state index in [-0.39, 0.29) is 18.3 Å². The lowest BCUT2D eigenvalue weighted by atomic mass is 9.80. The molecule has 0 saturated carbocycles. The van der Waals surface area contributed by atoms with E-state index in [0.717, 1.165) is 32.6 Å². The minimum atomic E-state index is -0.363. The minimum absolute atomic E-state index is 0.320. The summed E-state index contributed by atoms with van der Waals surface area (Å²) in [7, 11) is -0.363. The zero-order chi connectivity index (χ0) is 33.1. The quantitative estimate of drug-likeness (QED) is 0.218. The fourth-order valence-electron chi connectivity index (χ4n) is 4.42. The molecular formula is C32H34BBrCl2N4O6. The summed E-state index contributed by atoms with van der Waals surface area (Å²) in [6.07, 6.45) is 3.38. The van der Waals surface area contributed by atoms with E-state index in [2.05, 4.69) is 25.9 Å². The fourth-order valence-corrected chi connectivity index (χ4v) is 5.16. The molecule has 0 spiro atoms. The highest BCUT2D eigenvalue weighted by atomic mass is 79.9. The van der Waals surface area contributed by atoms with Crippen LogP contribution < -0.4 is 35.9 Å². The van der Waals surface area contributed by atoms with E-state index in [4.69, 9.17) is 62.9 Å². The van der Waals surface area contributed by atoms with Crippen molar-refractivity contribution in [3.8, 4) is 34.1 Å². The normalized spacial score (nSPS) is 16.8. The number of nitrogens with two attached hydrogens (primary N) is 2. The summed E-state index contributed by atoms with van der Waals surface area (Å²) in [5, 5.41) is 1.24. The van der Waals surface area contributed by atoms with Gasteiger partial charge in [0.15, 0.2) is 23.0 Å². The van der Waals surface area contributed by atoms with Gasteiger partial charge in [-0.3, -0.25) is 0 Å². The highest BCUT2D eigenvalue weighted by Gasteiger charge is 2.51. The summed E-state index contributed by atoms with van der Waals surface area (Å²) in [4.78, 5) is 8.09. The molecule has 0 aliphatic carbocycles. The molecule has 7 rings (SSSR count). The first-order chi connectivity index (χ1) is 21.8. The number of hydrogen-bond donors (Lipinski definition) is 2. The van der Waals surface area contributed by atoms with Gasteiger partial charge in [0, 0.05) is 45.6 Å². The number of hydrogen-bond acceptors (Lipinski definition) is 10. The largest absolute Gasteiger partial charge is 0.496 e. The van der Waals surface area contributed by atoms with Gasteiger partial charge in [-0.2, -0.15) is 0 Å². The van der Waals surface area contributed by atoms with E-state index in [9.17, 15) is 0 Å². The van der Waals surface area contributed by atoms with Crippen molar-refractivity contribution >= 4 is 63.3 Å². The third kappa shape index (κ3) is 7.92. The number of halogens is 3. The van der Waals surface area contributed by atoms with E-state index in [1.807, 2.05) is 52.0 Å². The van der Waals surface area contributed by atoms with Gasteiger partial charge in [0.1, 0.15) is 38.1 Å². The van der Waals surface area contributed by atoms with Crippen LogP contribution in [0, 0.1) is 0 Å². The zero-order valence-corrected chi connectivity index (χ0v) is 28.9. The summed E-state index contributed by atoms with van der Waals surface area (Å²) in [5.74, 6) is 3.83.